The van der Waals surface area contributed by atoms with Gasteiger partial charge in [0.05, 0.1) is 39.3 Å². The van der Waals surface area contributed by atoms with Gasteiger partial charge in [0, 0.05) is 16.8 Å². The van der Waals surface area contributed by atoms with Crippen LogP contribution in [-0.4, -0.2) is 27.1 Å². The highest BCUT2D eigenvalue weighted by Gasteiger charge is 2.33. The van der Waals surface area contributed by atoms with Crippen LogP contribution in [0.15, 0.2) is 54.9 Å². The third-order valence-corrected chi connectivity index (χ3v) is 5.21. The number of aromatic amines is 1. The summed E-state index contributed by atoms with van der Waals surface area (Å²) in [6, 6.07) is 7.95. The summed E-state index contributed by atoms with van der Waals surface area (Å²) in [5, 5.41) is 14.2. The van der Waals surface area contributed by atoms with E-state index in [1.807, 2.05) is 0 Å². The number of halogens is 5. The van der Waals surface area contributed by atoms with Crippen LogP contribution >= 0.6 is 23.2 Å². The lowest BCUT2D eigenvalue weighted by molar-refractivity contribution is -0.137. The average Bonchev–Trinajstić information content (AvgIpc) is 3.23. The summed E-state index contributed by atoms with van der Waals surface area (Å²) >= 11 is 11.7. The average molecular weight is 509 g/mol. The fraction of sp³-hybridized carbons (Fsp3) is 0.0476. The number of fused-ring (bicyclic) bond motifs is 1. The van der Waals surface area contributed by atoms with Crippen molar-refractivity contribution in [2.45, 2.75) is 6.18 Å². The summed E-state index contributed by atoms with van der Waals surface area (Å²) in [6.07, 6.45) is -1.70. The van der Waals surface area contributed by atoms with Crippen LogP contribution in [0, 0.1) is 0 Å². The number of nitrogens with one attached hydrogen (secondary N) is 4. The number of rotatable bonds is 4. The zero-order chi connectivity index (χ0) is 24.5. The lowest BCUT2D eigenvalue weighted by Gasteiger charge is -2.13. The molecule has 4 aromatic rings. The zero-order valence-corrected chi connectivity index (χ0v) is 18.3. The molecule has 2 aromatic heterocycles. The van der Waals surface area contributed by atoms with Crippen molar-refractivity contribution in [1.29, 1.82) is 0 Å². The Bertz CT molecular complexity index is 1410. The summed E-state index contributed by atoms with van der Waals surface area (Å²) in [6.45, 7) is 0. The molecule has 0 unspecified atom stereocenters. The van der Waals surface area contributed by atoms with E-state index in [1.54, 1.807) is 12.3 Å². The van der Waals surface area contributed by atoms with Gasteiger partial charge in [-0.1, -0.05) is 23.2 Å². The van der Waals surface area contributed by atoms with Crippen molar-refractivity contribution in [3.63, 3.8) is 0 Å². The molecule has 3 amide bonds. The van der Waals surface area contributed by atoms with Crippen molar-refractivity contribution in [3.05, 3.63) is 76.0 Å². The predicted molar refractivity (Wildman–Crippen MR) is 122 cm³/mol. The van der Waals surface area contributed by atoms with Crippen molar-refractivity contribution >= 4 is 63.2 Å². The molecule has 174 valence electrons. The SMILES string of the molecule is O=C(Nc1ccc(Cl)c(C(=O)Nc2cnc3[nH]ncc3c2)c1)Nc1ccc(Cl)c(C(F)(F)F)c1. The standard InChI is InChI=1S/C21H13Cl2F3N6O2/c22-16-3-1-11(30-20(34)31-12-2-4-17(23)15(7-12)21(24,25)26)6-14(16)19(33)29-13-5-10-8-28-32-18(10)27-9-13/h1-9H,(H,29,33)(H,27,28,32)(H2,30,31,34). The van der Waals surface area contributed by atoms with E-state index in [0.29, 0.717) is 22.8 Å². The number of hydrogen-bond donors (Lipinski definition) is 4. The number of carbonyl (C=O) groups is 2. The fourth-order valence-electron chi connectivity index (χ4n) is 2.99. The Hall–Kier alpha value is -3.83. The predicted octanol–water partition coefficient (Wildman–Crippen LogP) is 6.18. The minimum atomic E-state index is -4.68. The number of nitrogens with zero attached hydrogens (tertiary/aromatic N) is 2. The van der Waals surface area contributed by atoms with Crippen molar-refractivity contribution in [3.8, 4) is 0 Å². The lowest BCUT2D eigenvalue weighted by Crippen LogP contribution is -2.20. The molecule has 0 aliphatic heterocycles. The third kappa shape index (κ3) is 5.21. The summed E-state index contributed by atoms with van der Waals surface area (Å²) in [4.78, 5) is 29.1. The molecule has 0 spiro atoms. The van der Waals surface area contributed by atoms with E-state index in [2.05, 4.69) is 31.1 Å². The van der Waals surface area contributed by atoms with Crippen LogP contribution in [0.5, 0.6) is 0 Å². The molecule has 8 nitrogen and oxygen atoms in total. The highest BCUT2D eigenvalue weighted by atomic mass is 35.5. The van der Waals surface area contributed by atoms with Crippen LogP contribution in [-0.2, 0) is 6.18 Å². The minimum absolute atomic E-state index is 0.0533. The Kier molecular flexibility index (Phi) is 6.31. The summed E-state index contributed by atoms with van der Waals surface area (Å²) < 4.78 is 39.0. The first-order chi connectivity index (χ1) is 16.1. The molecule has 0 bridgehead atoms. The van der Waals surface area contributed by atoms with Crippen molar-refractivity contribution in [1.82, 2.24) is 15.2 Å². The van der Waals surface area contributed by atoms with Gasteiger partial charge in [0.2, 0.25) is 0 Å². The second-order valence-electron chi connectivity index (χ2n) is 6.95. The topological polar surface area (TPSA) is 112 Å². The van der Waals surface area contributed by atoms with Crippen LogP contribution < -0.4 is 16.0 Å². The monoisotopic (exact) mass is 508 g/mol. The van der Waals surface area contributed by atoms with E-state index in [9.17, 15) is 22.8 Å². The van der Waals surface area contributed by atoms with Gasteiger partial charge in [-0.25, -0.2) is 9.78 Å². The highest BCUT2D eigenvalue weighted by molar-refractivity contribution is 6.34. The number of urea groups is 1. The van der Waals surface area contributed by atoms with Crippen LogP contribution in [0.3, 0.4) is 0 Å². The maximum Gasteiger partial charge on any atom is 0.417 e. The zero-order valence-electron chi connectivity index (χ0n) is 16.8. The first-order valence-corrected chi connectivity index (χ1v) is 10.2. The second-order valence-corrected chi connectivity index (χ2v) is 7.77. The number of benzene rings is 2. The third-order valence-electron chi connectivity index (χ3n) is 4.55. The first-order valence-electron chi connectivity index (χ1n) is 9.45. The molecule has 2 aromatic carbocycles. The number of pyridine rings is 1. The fourth-order valence-corrected chi connectivity index (χ4v) is 3.42. The van der Waals surface area contributed by atoms with Crippen LogP contribution in [0.2, 0.25) is 10.0 Å². The molecule has 0 radical (unpaired) electrons. The molecule has 13 heteroatoms. The first kappa shape index (κ1) is 23.3. The Morgan fingerprint density at radius 1 is 0.853 bits per heavy atom. The van der Waals surface area contributed by atoms with E-state index >= 15 is 0 Å². The Morgan fingerprint density at radius 3 is 2.24 bits per heavy atom. The maximum atomic E-state index is 13.0. The van der Waals surface area contributed by atoms with Crippen LogP contribution in [0.4, 0.5) is 35.0 Å². The maximum absolute atomic E-state index is 13.0. The molecule has 0 aliphatic rings. The number of amides is 3. The van der Waals surface area contributed by atoms with Crippen LogP contribution in [0.25, 0.3) is 11.0 Å². The molecule has 34 heavy (non-hydrogen) atoms. The number of alkyl halides is 3. The molecule has 4 rings (SSSR count). The number of anilines is 3. The Labute approximate surface area is 199 Å². The normalized spacial score (nSPS) is 11.3. The van der Waals surface area contributed by atoms with E-state index < -0.39 is 28.7 Å². The van der Waals surface area contributed by atoms with Crippen LogP contribution in [0.1, 0.15) is 15.9 Å². The lowest BCUT2D eigenvalue weighted by atomic mass is 10.1. The van der Waals surface area contributed by atoms with Gasteiger partial charge in [-0.15, -0.1) is 0 Å². The summed E-state index contributed by atoms with van der Waals surface area (Å²) in [5.74, 6) is -0.564. The minimum Gasteiger partial charge on any atom is -0.321 e. The summed E-state index contributed by atoms with van der Waals surface area (Å²) in [5.41, 5.74) is -0.0209. The summed E-state index contributed by atoms with van der Waals surface area (Å²) in [7, 11) is 0. The van der Waals surface area contributed by atoms with Gasteiger partial charge in [-0.05, 0) is 42.5 Å². The largest absolute Gasteiger partial charge is 0.417 e. The molecular weight excluding hydrogens is 496 g/mol. The van der Waals surface area contributed by atoms with E-state index in [-0.39, 0.29) is 22.0 Å². The van der Waals surface area contributed by atoms with Gasteiger partial charge < -0.3 is 16.0 Å². The van der Waals surface area contributed by atoms with E-state index in [0.717, 1.165) is 6.07 Å². The quantitative estimate of drug-likeness (QED) is 0.263. The van der Waals surface area contributed by atoms with Crippen molar-refractivity contribution in [2.75, 3.05) is 16.0 Å². The van der Waals surface area contributed by atoms with E-state index in [4.69, 9.17) is 23.2 Å². The number of hydrogen-bond acceptors (Lipinski definition) is 4. The van der Waals surface area contributed by atoms with Crippen molar-refractivity contribution < 1.29 is 22.8 Å². The van der Waals surface area contributed by atoms with E-state index in [1.165, 1.54) is 30.5 Å². The van der Waals surface area contributed by atoms with Gasteiger partial charge in [-0.2, -0.15) is 18.3 Å². The van der Waals surface area contributed by atoms with Gasteiger partial charge in [0.1, 0.15) is 0 Å². The van der Waals surface area contributed by atoms with Gasteiger partial charge in [0.25, 0.3) is 5.91 Å². The molecule has 4 N–H and O–H groups in total. The number of H-pyrrole nitrogens is 1. The molecule has 0 saturated heterocycles. The number of aromatic nitrogens is 3. The van der Waals surface area contributed by atoms with Gasteiger partial charge in [-0.3, -0.25) is 9.89 Å². The molecule has 0 aliphatic carbocycles. The Balaban J connectivity index is 1.47. The highest BCUT2D eigenvalue weighted by Crippen LogP contribution is 2.36. The molecule has 0 atom stereocenters. The molecule has 0 fully saturated rings. The molecule has 0 saturated carbocycles. The molecular formula is C21H13Cl2F3N6O2. The smallest absolute Gasteiger partial charge is 0.321 e. The molecule has 2 heterocycles. The van der Waals surface area contributed by atoms with Gasteiger partial charge >= 0.3 is 12.2 Å². The van der Waals surface area contributed by atoms with Gasteiger partial charge in [0.15, 0.2) is 5.65 Å². The second kappa shape index (κ2) is 9.20. The Morgan fingerprint density at radius 2 is 1.53 bits per heavy atom. The number of carbonyl (C=O) groups excluding carboxylic acids is 2. The van der Waals surface area contributed by atoms with Crippen molar-refractivity contribution in [2.24, 2.45) is 0 Å².